The Kier molecular flexibility index (Phi) is 4.99. The van der Waals surface area contributed by atoms with Crippen LogP contribution in [0.25, 0.3) is 0 Å². The summed E-state index contributed by atoms with van der Waals surface area (Å²) in [7, 11) is 1.70. The summed E-state index contributed by atoms with van der Waals surface area (Å²) in [6.45, 7) is -0.295. The van der Waals surface area contributed by atoms with Crippen molar-refractivity contribution in [2.24, 2.45) is 7.05 Å². The Bertz CT molecular complexity index is 693. The number of aryl methyl sites for hydroxylation is 1. The Hall–Kier alpha value is -2.55. The molecule has 0 radical (unpaired) electrons. The molecule has 3 N–H and O–H groups in total. The largest absolute Gasteiger partial charge is 0.459 e. The number of carbonyl (C=O) groups is 3. The van der Waals surface area contributed by atoms with Gasteiger partial charge in [-0.1, -0.05) is 0 Å². The van der Waals surface area contributed by atoms with Gasteiger partial charge >= 0.3 is 0 Å². The van der Waals surface area contributed by atoms with E-state index in [1.807, 2.05) is 0 Å². The van der Waals surface area contributed by atoms with E-state index in [-0.39, 0.29) is 12.3 Å². The molecule has 22 heavy (non-hydrogen) atoms. The first-order valence-corrected chi connectivity index (χ1v) is 6.99. The van der Waals surface area contributed by atoms with Crippen LogP contribution in [-0.4, -0.2) is 28.8 Å². The molecular formula is C13H13BrN4O4. The van der Waals surface area contributed by atoms with Crippen LogP contribution in [0.1, 0.15) is 21.0 Å². The summed E-state index contributed by atoms with van der Waals surface area (Å²) < 4.78 is 7.23. The lowest BCUT2D eigenvalue weighted by Crippen LogP contribution is -2.46. The lowest BCUT2D eigenvalue weighted by Gasteiger charge is -2.08. The van der Waals surface area contributed by atoms with Crippen molar-refractivity contribution in [3.63, 3.8) is 0 Å². The molecule has 116 valence electrons. The number of furan rings is 1. The molecule has 0 saturated heterocycles. The number of nitrogens with zero attached hydrogens (tertiary/aromatic N) is 1. The number of hydrogen-bond donors (Lipinski definition) is 3. The fraction of sp³-hybridized carbons (Fsp3) is 0.154. The van der Waals surface area contributed by atoms with E-state index >= 15 is 0 Å². The lowest BCUT2D eigenvalue weighted by molar-refractivity contribution is -0.120. The molecule has 0 aromatic carbocycles. The van der Waals surface area contributed by atoms with Gasteiger partial charge in [0, 0.05) is 17.7 Å². The van der Waals surface area contributed by atoms with Gasteiger partial charge in [0.2, 0.25) is 0 Å². The van der Waals surface area contributed by atoms with Crippen molar-refractivity contribution in [1.29, 1.82) is 0 Å². The van der Waals surface area contributed by atoms with E-state index in [0.29, 0.717) is 5.69 Å². The zero-order chi connectivity index (χ0) is 16.1. The fourth-order valence-corrected chi connectivity index (χ4v) is 2.16. The van der Waals surface area contributed by atoms with Crippen LogP contribution in [0.4, 0.5) is 0 Å². The highest BCUT2D eigenvalue weighted by Gasteiger charge is 2.13. The molecule has 2 rings (SSSR count). The molecular weight excluding hydrogens is 356 g/mol. The average Bonchev–Trinajstić information content (AvgIpc) is 3.11. The zero-order valence-electron chi connectivity index (χ0n) is 11.6. The van der Waals surface area contributed by atoms with Crippen molar-refractivity contribution >= 4 is 33.7 Å². The minimum Gasteiger partial charge on any atom is -0.459 e. The summed E-state index contributed by atoms with van der Waals surface area (Å²) >= 11 is 3.25. The van der Waals surface area contributed by atoms with Gasteiger partial charge in [-0.15, -0.1) is 0 Å². The zero-order valence-corrected chi connectivity index (χ0v) is 13.1. The lowest BCUT2D eigenvalue weighted by atomic mass is 10.4. The molecule has 2 heterocycles. The molecule has 0 fully saturated rings. The van der Waals surface area contributed by atoms with E-state index in [1.165, 1.54) is 12.3 Å². The van der Waals surface area contributed by atoms with E-state index in [1.54, 1.807) is 29.9 Å². The second-order valence-corrected chi connectivity index (χ2v) is 5.23. The molecule has 0 spiro atoms. The number of nitrogens with one attached hydrogen (secondary N) is 3. The van der Waals surface area contributed by atoms with Gasteiger partial charge in [0.05, 0.1) is 12.8 Å². The summed E-state index contributed by atoms with van der Waals surface area (Å²) in [4.78, 5) is 34.9. The normalized spacial score (nSPS) is 10.1. The summed E-state index contributed by atoms with van der Waals surface area (Å²) in [5.74, 6) is -1.45. The molecule has 0 bridgehead atoms. The van der Waals surface area contributed by atoms with Gasteiger partial charge in [-0.25, -0.2) is 0 Å². The van der Waals surface area contributed by atoms with Crippen LogP contribution in [0.2, 0.25) is 0 Å². The number of halogens is 1. The predicted molar refractivity (Wildman–Crippen MR) is 79.8 cm³/mol. The van der Waals surface area contributed by atoms with Crippen LogP contribution in [0.5, 0.6) is 0 Å². The third-order valence-electron chi connectivity index (χ3n) is 2.67. The van der Waals surface area contributed by atoms with Gasteiger partial charge < -0.3 is 14.3 Å². The van der Waals surface area contributed by atoms with E-state index in [2.05, 4.69) is 32.1 Å². The van der Waals surface area contributed by atoms with Crippen molar-refractivity contribution in [3.05, 3.63) is 46.6 Å². The van der Waals surface area contributed by atoms with Gasteiger partial charge in [-0.3, -0.25) is 25.2 Å². The van der Waals surface area contributed by atoms with E-state index in [9.17, 15) is 14.4 Å². The van der Waals surface area contributed by atoms with Crippen LogP contribution in [0.3, 0.4) is 0 Å². The van der Waals surface area contributed by atoms with Crippen molar-refractivity contribution in [1.82, 2.24) is 20.7 Å². The Morgan fingerprint density at radius 1 is 1.27 bits per heavy atom. The Labute approximate surface area is 133 Å². The van der Waals surface area contributed by atoms with Gasteiger partial charge in [-0.05, 0) is 34.1 Å². The summed E-state index contributed by atoms with van der Waals surface area (Å²) in [6.07, 6.45) is 3.06. The Balaban J connectivity index is 1.77. The number of aromatic nitrogens is 1. The van der Waals surface area contributed by atoms with Gasteiger partial charge in [-0.2, -0.15) is 0 Å². The second kappa shape index (κ2) is 6.94. The van der Waals surface area contributed by atoms with Crippen molar-refractivity contribution in [2.75, 3.05) is 6.54 Å². The monoisotopic (exact) mass is 368 g/mol. The minimum atomic E-state index is -0.568. The first-order valence-electron chi connectivity index (χ1n) is 6.20. The summed E-state index contributed by atoms with van der Waals surface area (Å²) in [6, 6.07) is 4.65. The van der Waals surface area contributed by atoms with Crippen LogP contribution < -0.4 is 16.2 Å². The van der Waals surface area contributed by atoms with Crippen LogP contribution in [0, 0.1) is 0 Å². The molecule has 2 aromatic heterocycles. The third kappa shape index (κ3) is 3.98. The summed E-state index contributed by atoms with van der Waals surface area (Å²) in [5, 5.41) is 2.36. The van der Waals surface area contributed by atoms with Crippen LogP contribution in [0.15, 0.2) is 39.5 Å². The molecule has 0 aliphatic heterocycles. The molecule has 0 saturated carbocycles. The number of rotatable bonds is 4. The highest BCUT2D eigenvalue weighted by molar-refractivity contribution is 9.10. The summed E-state index contributed by atoms with van der Waals surface area (Å²) in [5.41, 5.74) is 4.83. The van der Waals surface area contributed by atoms with E-state index < -0.39 is 17.7 Å². The topological polar surface area (TPSA) is 105 Å². The number of hydrogen-bond acceptors (Lipinski definition) is 4. The molecule has 8 nitrogen and oxygen atoms in total. The van der Waals surface area contributed by atoms with Crippen LogP contribution in [-0.2, 0) is 11.8 Å². The van der Waals surface area contributed by atoms with Gasteiger partial charge in [0.15, 0.2) is 5.76 Å². The maximum absolute atomic E-state index is 11.8. The molecule has 9 heteroatoms. The van der Waals surface area contributed by atoms with Crippen molar-refractivity contribution < 1.29 is 18.8 Å². The predicted octanol–water partition coefficient (Wildman–Crippen LogP) is 0.572. The van der Waals surface area contributed by atoms with E-state index in [0.717, 1.165) is 4.47 Å². The van der Waals surface area contributed by atoms with Gasteiger partial charge in [0.25, 0.3) is 17.7 Å². The number of amides is 3. The molecule has 3 amide bonds. The van der Waals surface area contributed by atoms with Gasteiger partial charge in [0.1, 0.15) is 5.69 Å². The molecule has 0 aliphatic rings. The van der Waals surface area contributed by atoms with Crippen LogP contribution >= 0.6 is 15.9 Å². The number of carbonyl (C=O) groups excluding carboxylic acids is 3. The number of hydrazine groups is 1. The molecule has 2 aromatic rings. The minimum absolute atomic E-state index is 0.102. The average molecular weight is 369 g/mol. The Morgan fingerprint density at radius 2 is 2.05 bits per heavy atom. The Morgan fingerprint density at radius 3 is 2.64 bits per heavy atom. The quantitative estimate of drug-likeness (QED) is 0.686. The first kappa shape index (κ1) is 15.8. The highest BCUT2D eigenvalue weighted by atomic mass is 79.9. The van der Waals surface area contributed by atoms with Crippen molar-refractivity contribution in [2.45, 2.75) is 0 Å². The smallest absolute Gasteiger partial charge is 0.287 e. The SMILES string of the molecule is Cn1cc(Br)cc1C(=O)NNC(=O)CNC(=O)c1ccco1. The molecule has 0 atom stereocenters. The standard InChI is InChI=1S/C13H13BrN4O4/c1-18-7-8(14)5-9(18)12(20)17-16-11(19)6-15-13(21)10-3-2-4-22-10/h2-5,7H,6H2,1H3,(H,15,21)(H,16,19)(H,17,20). The first-order chi connectivity index (χ1) is 10.5. The maximum atomic E-state index is 11.8. The third-order valence-corrected chi connectivity index (χ3v) is 3.11. The van der Waals surface area contributed by atoms with E-state index in [4.69, 9.17) is 4.42 Å². The molecule has 0 aliphatic carbocycles. The second-order valence-electron chi connectivity index (χ2n) is 4.32. The molecule has 0 unspecified atom stereocenters. The fourth-order valence-electron chi connectivity index (χ4n) is 1.64. The maximum Gasteiger partial charge on any atom is 0.287 e. The highest BCUT2D eigenvalue weighted by Crippen LogP contribution is 2.13. The van der Waals surface area contributed by atoms with Crippen molar-refractivity contribution in [3.8, 4) is 0 Å².